The topological polar surface area (TPSA) is 87.3 Å². The lowest BCUT2D eigenvalue weighted by Crippen LogP contribution is -2.35. The van der Waals surface area contributed by atoms with Crippen molar-refractivity contribution in [3.05, 3.63) is 99.0 Å². The predicted molar refractivity (Wildman–Crippen MR) is 184 cm³/mol. The van der Waals surface area contributed by atoms with Crippen molar-refractivity contribution in [2.75, 3.05) is 13.2 Å². The smallest absolute Gasteiger partial charge is 0.283 e. The van der Waals surface area contributed by atoms with Gasteiger partial charge in [-0.1, -0.05) is 98.8 Å². The van der Waals surface area contributed by atoms with Crippen LogP contribution in [0.5, 0.6) is 11.5 Å². The van der Waals surface area contributed by atoms with Gasteiger partial charge in [-0.05, 0) is 71.6 Å². The van der Waals surface area contributed by atoms with E-state index in [-0.39, 0.29) is 33.5 Å². The molecule has 45 heavy (non-hydrogen) atoms. The van der Waals surface area contributed by atoms with Gasteiger partial charge in [0, 0.05) is 11.3 Å². The van der Waals surface area contributed by atoms with Crippen molar-refractivity contribution in [1.82, 2.24) is 5.01 Å². The zero-order valence-electron chi connectivity index (χ0n) is 25.2. The molecule has 3 aromatic carbocycles. The molecule has 0 atom stereocenters. The number of ether oxygens (including phenoxy) is 2. The number of nitrogens with zero attached hydrogens (tertiary/aromatic N) is 3. The Morgan fingerprint density at radius 2 is 1.60 bits per heavy atom. The largest absolute Gasteiger partial charge is 0.490 e. The molecule has 1 N–H and O–H groups in total. The number of rotatable bonds is 9. The average Bonchev–Trinajstić information content (AvgIpc) is 3.48. The maximum Gasteiger partial charge on any atom is 0.283 e. The number of nitrogens with one attached hydrogen (secondary N) is 1. The fourth-order valence-corrected chi connectivity index (χ4v) is 7.45. The molecule has 3 aromatic rings. The van der Waals surface area contributed by atoms with Gasteiger partial charge in [-0.3, -0.25) is 10.2 Å². The van der Waals surface area contributed by atoms with Gasteiger partial charge in [0.25, 0.3) is 5.91 Å². The molecule has 1 aliphatic carbocycles. The molecule has 3 aliphatic rings. The Morgan fingerprint density at radius 1 is 0.956 bits per heavy atom. The van der Waals surface area contributed by atoms with Crippen molar-refractivity contribution in [2.45, 2.75) is 51.4 Å². The van der Waals surface area contributed by atoms with Crippen LogP contribution in [0.4, 0.5) is 0 Å². The molecule has 2 aliphatic heterocycles. The van der Waals surface area contributed by atoms with Gasteiger partial charge < -0.3 is 9.47 Å². The first kappa shape index (κ1) is 31.4. The van der Waals surface area contributed by atoms with Crippen LogP contribution in [-0.4, -0.2) is 40.2 Å². The van der Waals surface area contributed by atoms with E-state index in [1.807, 2.05) is 18.2 Å². The molecule has 0 aromatic heterocycles. The molecule has 10 heteroatoms. The number of halogens is 2. The maximum atomic E-state index is 12.9. The van der Waals surface area contributed by atoms with Crippen LogP contribution in [0.15, 0.2) is 82.4 Å². The normalized spacial score (nSPS) is 18.1. The zero-order chi connectivity index (χ0) is 31.6. The summed E-state index contributed by atoms with van der Waals surface area (Å²) in [6, 6.07) is 21.8. The fourth-order valence-electron chi connectivity index (χ4n) is 5.78. The van der Waals surface area contributed by atoms with Gasteiger partial charge in [0.2, 0.25) is 5.17 Å². The summed E-state index contributed by atoms with van der Waals surface area (Å²) >= 11 is 14.5. The van der Waals surface area contributed by atoms with Crippen LogP contribution in [-0.2, 0) is 10.2 Å². The summed E-state index contributed by atoms with van der Waals surface area (Å²) in [4.78, 5) is 17.1. The van der Waals surface area contributed by atoms with Crippen LogP contribution < -0.4 is 9.47 Å². The highest BCUT2D eigenvalue weighted by molar-refractivity contribution is 8.27. The van der Waals surface area contributed by atoms with E-state index < -0.39 is 5.91 Å². The van der Waals surface area contributed by atoms with Gasteiger partial charge in [0.05, 0.1) is 15.6 Å². The van der Waals surface area contributed by atoms with Crippen molar-refractivity contribution in [1.29, 1.82) is 5.41 Å². The third kappa shape index (κ3) is 6.83. The standard InChI is InChI=1S/C35H34Cl2N4O3S/c1-35(2,24-11-7-4-8-12-24)25-13-15-26(16-14-25)43-17-18-44-30-28(36)20-22(21-29(30)37)19-27-31(38)41-34(39-32(27)42)45-33(40-41)23-9-5-3-6-10-23/h4,7-8,11-16,19-21,23,38H,3,5-6,9-10,17-18H2,1-2H3/b27-19-,38-31?. The van der Waals surface area contributed by atoms with Crippen LogP contribution in [0.2, 0.25) is 10.0 Å². The van der Waals surface area contributed by atoms with E-state index in [2.05, 4.69) is 60.3 Å². The molecule has 6 rings (SSSR count). The molecule has 0 saturated heterocycles. The number of hydrogen-bond acceptors (Lipinski definition) is 6. The third-order valence-electron chi connectivity index (χ3n) is 8.43. The molecule has 0 spiro atoms. The molecule has 7 nitrogen and oxygen atoms in total. The molecular weight excluding hydrogens is 627 g/mol. The number of amides is 1. The van der Waals surface area contributed by atoms with Crippen molar-refractivity contribution in [3.8, 4) is 11.5 Å². The number of aliphatic imine (C=N–C) groups is 1. The molecular formula is C35H34Cl2N4O3S. The minimum absolute atomic E-state index is 0.00955. The van der Waals surface area contributed by atoms with E-state index in [1.165, 1.54) is 47.2 Å². The summed E-state index contributed by atoms with van der Waals surface area (Å²) in [6.07, 6.45) is 7.32. The lowest BCUT2D eigenvalue weighted by Gasteiger charge is -2.26. The number of carbonyl (C=O) groups excluding carboxylic acids is 1. The quantitative estimate of drug-likeness (QED) is 0.183. The van der Waals surface area contributed by atoms with Gasteiger partial charge in [0.15, 0.2) is 11.6 Å². The molecule has 0 radical (unpaired) electrons. The Hall–Kier alpha value is -3.59. The van der Waals surface area contributed by atoms with E-state index in [1.54, 1.807) is 18.2 Å². The summed E-state index contributed by atoms with van der Waals surface area (Å²) in [6.45, 7) is 4.93. The second-order valence-corrected chi connectivity index (χ2v) is 13.6. The summed E-state index contributed by atoms with van der Waals surface area (Å²) in [5, 5.41) is 16.8. The molecule has 2 heterocycles. The maximum absolute atomic E-state index is 12.9. The second kappa shape index (κ2) is 13.4. The molecule has 232 valence electrons. The Balaban J connectivity index is 1.07. The highest BCUT2D eigenvalue weighted by Crippen LogP contribution is 2.38. The lowest BCUT2D eigenvalue weighted by atomic mass is 9.78. The number of fused-ring (bicyclic) bond motifs is 1. The van der Waals surface area contributed by atoms with E-state index >= 15 is 0 Å². The van der Waals surface area contributed by atoms with Gasteiger partial charge in [-0.2, -0.15) is 15.1 Å². The zero-order valence-corrected chi connectivity index (χ0v) is 27.5. The minimum atomic E-state index is -0.486. The number of hydrazone groups is 1. The van der Waals surface area contributed by atoms with Gasteiger partial charge in [-0.15, -0.1) is 0 Å². The summed E-state index contributed by atoms with van der Waals surface area (Å²) in [5.74, 6) is 0.931. The molecule has 1 fully saturated rings. The van der Waals surface area contributed by atoms with Crippen molar-refractivity contribution in [3.63, 3.8) is 0 Å². The average molecular weight is 662 g/mol. The Bertz CT molecular complexity index is 1670. The molecule has 1 amide bonds. The van der Waals surface area contributed by atoms with Gasteiger partial charge in [-0.25, -0.2) is 0 Å². The summed E-state index contributed by atoms with van der Waals surface area (Å²) in [7, 11) is 0. The van der Waals surface area contributed by atoms with Crippen molar-refractivity contribution < 1.29 is 14.3 Å². The fraction of sp³-hybridized carbons (Fsp3) is 0.314. The second-order valence-electron chi connectivity index (χ2n) is 11.8. The summed E-state index contributed by atoms with van der Waals surface area (Å²) in [5.41, 5.74) is 3.00. The predicted octanol–water partition coefficient (Wildman–Crippen LogP) is 8.98. The highest BCUT2D eigenvalue weighted by Gasteiger charge is 2.38. The number of thioether (sulfide) groups is 1. The van der Waals surface area contributed by atoms with Crippen LogP contribution in [0.25, 0.3) is 6.08 Å². The monoisotopic (exact) mass is 660 g/mol. The number of carbonyl (C=O) groups is 1. The van der Waals surface area contributed by atoms with E-state index in [0.29, 0.717) is 29.0 Å². The third-order valence-corrected chi connectivity index (χ3v) is 10.1. The molecule has 0 bridgehead atoms. The molecule has 1 saturated carbocycles. The van der Waals surface area contributed by atoms with Crippen LogP contribution in [0, 0.1) is 11.3 Å². The number of amidine groups is 2. The Kier molecular flexibility index (Phi) is 9.36. The number of benzene rings is 3. The van der Waals surface area contributed by atoms with E-state index in [4.69, 9.17) is 38.1 Å². The first-order valence-electron chi connectivity index (χ1n) is 15.1. The SMILES string of the molecule is CC(C)(c1ccccc1)c1ccc(OCCOc2c(Cl)cc(/C=C3/C(=N)N4N=C(C5CCCCC5)SC4=NC3=O)cc2Cl)cc1. The van der Waals surface area contributed by atoms with Crippen molar-refractivity contribution >= 4 is 63.0 Å². The highest BCUT2D eigenvalue weighted by atomic mass is 35.5. The van der Waals surface area contributed by atoms with E-state index in [0.717, 1.165) is 23.6 Å². The lowest BCUT2D eigenvalue weighted by molar-refractivity contribution is -0.114. The Labute approximate surface area is 277 Å². The van der Waals surface area contributed by atoms with Crippen LogP contribution in [0.3, 0.4) is 0 Å². The molecule has 0 unspecified atom stereocenters. The van der Waals surface area contributed by atoms with Gasteiger partial charge >= 0.3 is 0 Å². The first-order valence-corrected chi connectivity index (χ1v) is 16.7. The minimum Gasteiger partial charge on any atom is -0.490 e. The first-order chi connectivity index (χ1) is 21.7. The van der Waals surface area contributed by atoms with Crippen LogP contribution in [0.1, 0.15) is 62.6 Å². The Morgan fingerprint density at radius 3 is 2.29 bits per heavy atom. The summed E-state index contributed by atoms with van der Waals surface area (Å²) < 4.78 is 11.8. The van der Waals surface area contributed by atoms with Gasteiger partial charge in [0.1, 0.15) is 24.0 Å². The van der Waals surface area contributed by atoms with Crippen molar-refractivity contribution in [2.24, 2.45) is 16.0 Å². The number of hydrogen-bond donors (Lipinski definition) is 1. The van der Waals surface area contributed by atoms with E-state index in [9.17, 15) is 4.79 Å². The van der Waals surface area contributed by atoms with Crippen LogP contribution >= 0.6 is 35.0 Å².